The molecule has 0 aliphatic carbocycles. The molecule has 0 radical (unpaired) electrons. The summed E-state index contributed by atoms with van der Waals surface area (Å²) >= 11 is 0. The molecule has 0 spiro atoms. The molecule has 102 valence electrons. The number of aromatic nitrogens is 1. The van der Waals surface area contributed by atoms with E-state index in [0.29, 0.717) is 29.4 Å². The number of anilines is 1. The van der Waals surface area contributed by atoms with Crippen molar-refractivity contribution in [3.05, 3.63) is 23.8 Å². The quantitative estimate of drug-likeness (QED) is 0.890. The molecule has 2 rings (SSSR count). The zero-order chi connectivity index (χ0) is 13.8. The number of nitrogens with zero attached hydrogens (tertiary/aromatic N) is 1. The third-order valence-corrected chi connectivity index (χ3v) is 2.71. The van der Waals surface area contributed by atoms with E-state index in [4.69, 9.17) is 24.5 Å². The first kappa shape index (κ1) is 13.2. The van der Waals surface area contributed by atoms with Crippen LogP contribution >= 0.6 is 0 Å². The van der Waals surface area contributed by atoms with Crippen molar-refractivity contribution in [1.29, 1.82) is 0 Å². The standard InChI is InChI=1S/C13H16N2O4/c1-16-7-8-4-5-10(17-2)12(13(8)18-3)9-6-11(14)19-15-9/h4-6H,7,14H2,1-3H3. The molecule has 6 heteroatoms. The molecule has 0 aliphatic rings. The van der Waals surface area contributed by atoms with E-state index in [0.717, 1.165) is 5.56 Å². The van der Waals surface area contributed by atoms with E-state index in [1.54, 1.807) is 27.4 Å². The van der Waals surface area contributed by atoms with Gasteiger partial charge in [-0.05, 0) is 12.1 Å². The Morgan fingerprint density at radius 3 is 2.53 bits per heavy atom. The van der Waals surface area contributed by atoms with Gasteiger partial charge in [0.15, 0.2) is 0 Å². The summed E-state index contributed by atoms with van der Waals surface area (Å²) in [5.41, 5.74) is 7.71. The smallest absolute Gasteiger partial charge is 0.222 e. The van der Waals surface area contributed by atoms with E-state index >= 15 is 0 Å². The molecule has 0 saturated carbocycles. The van der Waals surface area contributed by atoms with Crippen LogP contribution in [0, 0.1) is 0 Å². The Bertz CT molecular complexity index is 566. The second-order valence-corrected chi connectivity index (χ2v) is 3.88. The van der Waals surface area contributed by atoms with Gasteiger partial charge in [0.2, 0.25) is 5.88 Å². The van der Waals surface area contributed by atoms with Crippen LogP contribution in [0.5, 0.6) is 11.5 Å². The van der Waals surface area contributed by atoms with Crippen LogP contribution < -0.4 is 15.2 Å². The lowest BCUT2D eigenvalue weighted by atomic mass is 10.0. The highest BCUT2D eigenvalue weighted by atomic mass is 16.5. The van der Waals surface area contributed by atoms with E-state index < -0.39 is 0 Å². The van der Waals surface area contributed by atoms with Gasteiger partial charge in [0.1, 0.15) is 17.2 Å². The van der Waals surface area contributed by atoms with Gasteiger partial charge in [0.25, 0.3) is 0 Å². The van der Waals surface area contributed by atoms with Gasteiger partial charge in [-0.3, -0.25) is 0 Å². The number of hydrogen-bond donors (Lipinski definition) is 1. The van der Waals surface area contributed by atoms with Crippen molar-refractivity contribution in [3.8, 4) is 22.8 Å². The van der Waals surface area contributed by atoms with Crippen LogP contribution in [0.25, 0.3) is 11.3 Å². The van der Waals surface area contributed by atoms with E-state index in [2.05, 4.69) is 5.16 Å². The summed E-state index contributed by atoms with van der Waals surface area (Å²) in [4.78, 5) is 0. The lowest BCUT2D eigenvalue weighted by Crippen LogP contribution is -1.99. The van der Waals surface area contributed by atoms with Crippen LogP contribution in [0.3, 0.4) is 0 Å². The Kier molecular flexibility index (Phi) is 3.91. The minimum absolute atomic E-state index is 0.233. The lowest BCUT2D eigenvalue weighted by molar-refractivity contribution is 0.181. The monoisotopic (exact) mass is 264 g/mol. The number of benzene rings is 1. The molecule has 0 fully saturated rings. The zero-order valence-electron chi connectivity index (χ0n) is 11.1. The van der Waals surface area contributed by atoms with E-state index in [9.17, 15) is 0 Å². The molecule has 1 heterocycles. The molecular formula is C13H16N2O4. The van der Waals surface area contributed by atoms with Gasteiger partial charge in [0, 0.05) is 18.7 Å². The largest absolute Gasteiger partial charge is 0.496 e. The summed E-state index contributed by atoms with van der Waals surface area (Å²) in [6.07, 6.45) is 0. The van der Waals surface area contributed by atoms with Crippen molar-refractivity contribution >= 4 is 5.88 Å². The fraction of sp³-hybridized carbons (Fsp3) is 0.308. The number of nitrogens with two attached hydrogens (primary N) is 1. The summed E-state index contributed by atoms with van der Waals surface area (Å²) in [6, 6.07) is 5.34. The second-order valence-electron chi connectivity index (χ2n) is 3.88. The van der Waals surface area contributed by atoms with Crippen LogP contribution in [0.1, 0.15) is 5.56 Å². The molecule has 0 atom stereocenters. The van der Waals surface area contributed by atoms with Crippen molar-refractivity contribution in [2.75, 3.05) is 27.1 Å². The minimum Gasteiger partial charge on any atom is -0.496 e. The average molecular weight is 264 g/mol. The topological polar surface area (TPSA) is 79.7 Å². The number of ether oxygens (including phenoxy) is 3. The van der Waals surface area contributed by atoms with Gasteiger partial charge in [-0.25, -0.2) is 0 Å². The summed E-state index contributed by atoms with van der Waals surface area (Å²) in [7, 11) is 4.79. The SMILES string of the molecule is COCc1ccc(OC)c(-c2cc(N)on2)c1OC. The molecule has 1 aromatic carbocycles. The normalized spacial score (nSPS) is 10.5. The fourth-order valence-electron chi connectivity index (χ4n) is 1.93. The predicted octanol–water partition coefficient (Wildman–Crippen LogP) is 2.09. The number of nitrogen functional groups attached to an aromatic ring is 1. The fourth-order valence-corrected chi connectivity index (χ4v) is 1.93. The number of methoxy groups -OCH3 is 3. The summed E-state index contributed by atoms with van der Waals surface area (Å²) in [5.74, 6) is 1.50. The molecule has 2 aromatic rings. The highest BCUT2D eigenvalue weighted by molar-refractivity contribution is 5.76. The average Bonchev–Trinajstić information content (AvgIpc) is 2.84. The molecule has 0 aliphatic heterocycles. The first-order chi connectivity index (χ1) is 9.21. The summed E-state index contributed by atoms with van der Waals surface area (Å²) in [5, 5.41) is 3.90. The van der Waals surface area contributed by atoms with E-state index in [1.165, 1.54) is 0 Å². The summed E-state index contributed by atoms with van der Waals surface area (Å²) in [6.45, 7) is 0.424. The van der Waals surface area contributed by atoms with Crippen molar-refractivity contribution in [2.24, 2.45) is 0 Å². The van der Waals surface area contributed by atoms with Gasteiger partial charge in [-0.2, -0.15) is 0 Å². The molecule has 19 heavy (non-hydrogen) atoms. The maximum Gasteiger partial charge on any atom is 0.222 e. The molecule has 1 aromatic heterocycles. The lowest BCUT2D eigenvalue weighted by Gasteiger charge is -2.15. The Labute approximate surface area is 111 Å². The van der Waals surface area contributed by atoms with Crippen LogP contribution in [0.15, 0.2) is 22.7 Å². The first-order valence-corrected chi connectivity index (χ1v) is 5.66. The van der Waals surface area contributed by atoms with Crippen molar-refractivity contribution in [2.45, 2.75) is 6.61 Å². The number of hydrogen-bond acceptors (Lipinski definition) is 6. The Balaban J connectivity index is 2.63. The van der Waals surface area contributed by atoms with Crippen LogP contribution in [-0.4, -0.2) is 26.5 Å². The molecule has 6 nitrogen and oxygen atoms in total. The molecule has 2 N–H and O–H groups in total. The molecule has 0 unspecified atom stereocenters. The highest BCUT2D eigenvalue weighted by Crippen LogP contribution is 2.40. The van der Waals surface area contributed by atoms with Gasteiger partial charge in [-0.15, -0.1) is 0 Å². The van der Waals surface area contributed by atoms with Gasteiger partial charge in [0.05, 0.1) is 26.4 Å². The minimum atomic E-state index is 0.233. The van der Waals surface area contributed by atoms with Gasteiger partial charge in [-0.1, -0.05) is 5.16 Å². The maximum absolute atomic E-state index is 5.56. The Hall–Kier alpha value is -2.21. The van der Waals surface area contributed by atoms with Crippen molar-refractivity contribution < 1.29 is 18.7 Å². The van der Waals surface area contributed by atoms with Crippen LogP contribution in [0.2, 0.25) is 0 Å². The van der Waals surface area contributed by atoms with Gasteiger partial charge >= 0.3 is 0 Å². The second kappa shape index (κ2) is 5.62. The summed E-state index contributed by atoms with van der Waals surface area (Å²) < 4.78 is 20.8. The maximum atomic E-state index is 5.56. The first-order valence-electron chi connectivity index (χ1n) is 5.66. The molecule has 0 amide bonds. The zero-order valence-corrected chi connectivity index (χ0v) is 11.1. The third-order valence-electron chi connectivity index (χ3n) is 2.71. The molecular weight excluding hydrogens is 248 g/mol. The van der Waals surface area contributed by atoms with Crippen molar-refractivity contribution in [1.82, 2.24) is 5.16 Å². The van der Waals surface area contributed by atoms with Gasteiger partial charge < -0.3 is 24.5 Å². The molecule has 0 saturated heterocycles. The van der Waals surface area contributed by atoms with Crippen LogP contribution in [0.4, 0.5) is 5.88 Å². The number of rotatable bonds is 5. The third kappa shape index (κ3) is 2.48. The van der Waals surface area contributed by atoms with E-state index in [-0.39, 0.29) is 5.88 Å². The van der Waals surface area contributed by atoms with Crippen molar-refractivity contribution in [3.63, 3.8) is 0 Å². The molecule has 0 bridgehead atoms. The van der Waals surface area contributed by atoms with Crippen LogP contribution in [-0.2, 0) is 11.3 Å². The Morgan fingerprint density at radius 1 is 1.21 bits per heavy atom. The highest BCUT2D eigenvalue weighted by Gasteiger charge is 2.19. The van der Waals surface area contributed by atoms with E-state index in [1.807, 2.05) is 12.1 Å². The predicted molar refractivity (Wildman–Crippen MR) is 70.2 cm³/mol. The Morgan fingerprint density at radius 2 is 2.00 bits per heavy atom.